The largest absolute Gasteiger partial charge is 0.508 e. The number of aromatic hydroxyl groups is 1. The number of ether oxygens (including phenoxy) is 1. The van der Waals surface area contributed by atoms with Crippen LogP contribution in [0.5, 0.6) is 5.75 Å². The maximum atomic E-state index is 10.5. The third kappa shape index (κ3) is 2.12. The molecule has 1 aromatic carbocycles. The number of hydrogen-bond donors (Lipinski definition) is 1. The summed E-state index contributed by atoms with van der Waals surface area (Å²) >= 11 is 0. The van der Waals surface area contributed by atoms with Gasteiger partial charge in [-0.3, -0.25) is 0 Å². The summed E-state index contributed by atoms with van der Waals surface area (Å²) in [4.78, 5) is 10.5. The molecule has 1 N–H and O–H groups in total. The van der Waals surface area contributed by atoms with Gasteiger partial charge >= 0.3 is 0 Å². The fourth-order valence-electron chi connectivity index (χ4n) is 1.29. The number of methoxy groups -OCH3 is 1. The first-order valence-electron chi connectivity index (χ1n) is 4.40. The fourth-order valence-corrected chi connectivity index (χ4v) is 1.29. The molecule has 3 nitrogen and oxygen atoms in total. The van der Waals surface area contributed by atoms with Gasteiger partial charge in [-0.15, -0.1) is 0 Å². The second-order valence-corrected chi connectivity index (χ2v) is 3.35. The molecule has 0 saturated heterocycles. The summed E-state index contributed by atoms with van der Waals surface area (Å²) in [6.07, 6.45) is 1.13. The molecule has 0 radical (unpaired) electrons. The number of rotatable bonds is 4. The first-order chi connectivity index (χ1) is 6.62. The lowest BCUT2D eigenvalue weighted by atomic mass is 9.93. The second kappa shape index (κ2) is 4.24. The van der Waals surface area contributed by atoms with Crippen molar-refractivity contribution in [2.75, 3.05) is 7.11 Å². The van der Waals surface area contributed by atoms with Gasteiger partial charge in [-0.2, -0.15) is 0 Å². The Labute approximate surface area is 83.3 Å². The molecule has 0 saturated carbocycles. The zero-order valence-electron chi connectivity index (χ0n) is 8.36. The van der Waals surface area contributed by atoms with Crippen LogP contribution in [0.1, 0.15) is 18.9 Å². The molecule has 0 aliphatic heterocycles. The van der Waals surface area contributed by atoms with Crippen LogP contribution in [-0.4, -0.2) is 18.5 Å². The molecular weight excluding hydrogens is 180 g/mol. The molecule has 0 bridgehead atoms. The van der Waals surface area contributed by atoms with Crippen LogP contribution in [0.15, 0.2) is 24.3 Å². The third-order valence-electron chi connectivity index (χ3n) is 2.40. The molecular formula is C11H14O3. The van der Waals surface area contributed by atoms with Gasteiger partial charge in [0.15, 0.2) is 0 Å². The van der Waals surface area contributed by atoms with E-state index in [0.717, 1.165) is 11.8 Å². The molecule has 0 fully saturated rings. The molecule has 3 heteroatoms. The molecule has 1 aromatic rings. The van der Waals surface area contributed by atoms with Crippen LogP contribution in [0.3, 0.4) is 0 Å². The predicted octanol–water partition coefficient (Wildman–Crippen LogP) is 1.84. The Morgan fingerprint density at radius 2 is 2.00 bits per heavy atom. The highest BCUT2D eigenvalue weighted by molar-refractivity contribution is 5.52. The molecule has 1 unspecified atom stereocenters. The van der Waals surface area contributed by atoms with Gasteiger partial charge in [0.1, 0.15) is 12.0 Å². The van der Waals surface area contributed by atoms with E-state index in [4.69, 9.17) is 9.84 Å². The van der Waals surface area contributed by atoms with E-state index >= 15 is 0 Å². The van der Waals surface area contributed by atoms with Crippen molar-refractivity contribution in [2.24, 2.45) is 0 Å². The Hall–Kier alpha value is -1.35. The number of hydrogen-bond acceptors (Lipinski definition) is 3. The average Bonchev–Trinajstić information content (AvgIpc) is 2.19. The first-order valence-corrected chi connectivity index (χ1v) is 4.40. The van der Waals surface area contributed by atoms with Crippen LogP contribution in [0, 0.1) is 0 Å². The maximum absolute atomic E-state index is 10.5. The molecule has 14 heavy (non-hydrogen) atoms. The SMILES string of the molecule is COC(C)(CC=O)c1ccc(O)cc1. The Morgan fingerprint density at radius 1 is 1.43 bits per heavy atom. The molecule has 76 valence electrons. The predicted molar refractivity (Wildman–Crippen MR) is 53.1 cm³/mol. The average molecular weight is 194 g/mol. The van der Waals surface area contributed by atoms with Gasteiger partial charge in [-0.25, -0.2) is 0 Å². The van der Waals surface area contributed by atoms with Crippen LogP contribution in [0.25, 0.3) is 0 Å². The molecule has 0 aliphatic rings. The van der Waals surface area contributed by atoms with E-state index < -0.39 is 5.60 Å². The third-order valence-corrected chi connectivity index (χ3v) is 2.40. The lowest BCUT2D eigenvalue weighted by molar-refractivity contribution is -0.113. The van der Waals surface area contributed by atoms with E-state index in [0.29, 0.717) is 6.42 Å². The zero-order valence-corrected chi connectivity index (χ0v) is 8.36. The minimum absolute atomic E-state index is 0.207. The lowest BCUT2D eigenvalue weighted by Crippen LogP contribution is -2.24. The van der Waals surface area contributed by atoms with Crippen LogP contribution in [0.4, 0.5) is 0 Å². The van der Waals surface area contributed by atoms with Gasteiger partial charge in [0.05, 0.1) is 5.60 Å². The first kappa shape index (κ1) is 10.7. The smallest absolute Gasteiger partial charge is 0.123 e. The van der Waals surface area contributed by atoms with Crippen LogP contribution < -0.4 is 0 Å². The Kier molecular flexibility index (Phi) is 3.25. The van der Waals surface area contributed by atoms with Gasteiger partial charge in [-0.1, -0.05) is 12.1 Å². The number of benzene rings is 1. The molecule has 0 amide bonds. The molecule has 0 spiro atoms. The summed E-state index contributed by atoms with van der Waals surface area (Å²) < 4.78 is 5.29. The zero-order chi connectivity index (χ0) is 10.6. The van der Waals surface area contributed by atoms with E-state index in [1.54, 1.807) is 31.4 Å². The van der Waals surface area contributed by atoms with Crippen molar-refractivity contribution >= 4 is 6.29 Å². The number of phenols is 1. The van der Waals surface area contributed by atoms with E-state index in [1.165, 1.54) is 0 Å². The van der Waals surface area contributed by atoms with Crippen molar-refractivity contribution in [3.63, 3.8) is 0 Å². The van der Waals surface area contributed by atoms with Gasteiger partial charge < -0.3 is 14.6 Å². The number of phenolic OH excluding ortho intramolecular Hbond substituents is 1. The Morgan fingerprint density at radius 3 is 2.43 bits per heavy atom. The van der Waals surface area contributed by atoms with Crippen molar-refractivity contribution in [2.45, 2.75) is 18.9 Å². The fraction of sp³-hybridized carbons (Fsp3) is 0.364. The minimum atomic E-state index is -0.602. The Balaban J connectivity index is 2.99. The van der Waals surface area contributed by atoms with Crippen LogP contribution >= 0.6 is 0 Å². The lowest BCUT2D eigenvalue weighted by Gasteiger charge is -2.26. The summed E-state index contributed by atoms with van der Waals surface area (Å²) in [5.74, 6) is 0.207. The highest BCUT2D eigenvalue weighted by atomic mass is 16.5. The van der Waals surface area contributed by atoms with Crippen molar-refractivity contribution in [1.82, 2.24) is 0 Å². The summed E-state index contributed by atoms with van der Waals surface area (Å²) in [5, 5.41) is 9.11. The number of carbonyl (C=O) groups excluding carboxylic acids is 1. The molecule has 0 heterocycles. The Bertz CT molecular complexity index is 305. The summed E-state index contributed by atoms with van der Waals surface area (Å²) in [7, 11) is 1.57. The van der Waals surface area contributed by atoms with Gasteiger partial charge in [0, 0.05) is 13.5 Å². The van der Waals surface area contributed by atoms with Gasteiger partial charge in [0.2, 0.25) is 0 Å². The number of aldehydes is 1. The quantitative estimate of drug-likeness (QED) is 0.744. The standard InChI is InChI=1S/C11H14O3/c1-11(14-2,7-8-12)9-3-5-10(13)6-4-9/h3-6,8,13H,7H2,1-2H3. The molecule has 0 aliphatic carbocycles. The summed E-state index contributed by atoms with van der Waals surface area (Å²) in [6.45, 7) is 1.84. The highest BCUT2D eigenvalue weighted by Gasteiger charge is 2.25. The summed E-state index contributed by atoms with van der Waals surface area (Å²) in [6, 6.07) is 6.67. The highest BCUT2D eigenvalue weighted by Crippen LogP contribution is 2.28. The van der Waals surface area contributed by atoms with Gasteiger partial charge in [-0.05, 0) is 24.6 Å². The minimum Gasteiger partial charge on any atom is -0.508 e. The van der Waals surface area contributed by atoms with E-state index in [2.05, 4.69) is 0 Å². The van der Waals surface area contributed by atoms with Crippen molar-refractivity contribution in [3.8, 4) is 5.75 Å². The second-order valence-electron chi connectivity index (χ2n) is 3.35. The van der Waals surface area contributed by atoms with Crippen molar-refractivity contribution < 1.29 is 14.6 Å². The normalized spacial score (nSPS) is 14.7. The molecule has 0 aromatic heterocycles. The monoisotopic (exact) mass is 194 g/mol. The van der Waals surface area contributed by atoms with Crippen LogP contribution in [-0.2, 0) is 15.1 Å². The number of carbonyl (C=O) groups is 1. The van der Waals surface area contributed by atoms with Crippen LogP contribution in [0.2, 0.25) is 0 Å². The molecule has 1 atom stereocenters. The molecule has 1 rings (SSSR count). The van der Waals surface area contributed by atoms with Crippen molar-refractivity contribution in [3.05, 3.63) is 29.8 Å². The summed E-state index contributed by atoms with van der Waals surface area (Å²) in [5.41, 5.74) is 0.278. The van der Waals surface area contributed by atoms with Crippen molar-refractivity contribution in [1.29, 1.82) is 0 Å². The van der Waals surface area contributed by atoms with Gasteiger partial charge in [0.25, 0.3) is 0 Å². The van der Waals surface area contributed by atoms with E-state index in [9.17, 15) is 4.79 Å². The van der Waals surface area contributed by atoms with E-state index in [-0.39, 0.29) is 5.75 Å². The van der Waals surface area contributed by atoms with E-state index in [1.807, 2.05) is 6.92 Å². The topological polar surface area (TPSA) is 46.5 Å². The maximum Gasteiger partial charge on any atom is 0.123 e.